The van der Waals surface area contributed by atoms with Gasteiger partial charge in [-0.3, -0.25) is 0 Å². The van der Waals surface area contributed by atoms with E-state index < -0.39 is 0 Å². The van der Waals surface area contributed by atoms with E-state index in [2.05, 4.69) is 38.9 Å². The molecular formula is C15H18Cl2N2. The van der Waals surface area contributed by atoms with Crippen molar-refractivity contribution in [3.8, 4) is 5.69 Å². The van der Waals surface area contributed by atoms with E-state index in [1.807, 2.05) is 16.8 Å². The molecule has 0 atom stereocenters. The Morgan fingerprint density at radius 1 is 1.16 bits per heavy atom. The Balaban J connectivity index is 2.64. The number of benzene rings is 1. The average Bonchev–Trinajstić information content (AvgIpc) is 2.72. The van der Waals surface area contributed by atoms with Crippen LogP contribution in [0.15, 0.2) is 24.3 Å². The molecule has 0 spiro atoms. The Hall–Kier alpha value is -0.990. The lowest BCUT2D eigenvalue weighted by Gasteiger charge is -2.20. The lowest BCUT2D eigenvalue weighted by atomic mass is 9.91. The topological polar surface area (TPSA) is 17.8 Å². The largest absolute Gasteiger partial charge is 0.235 e. The van der Waals surface area contributed by atoms with Crippen LogP contribution >= 0.6 is 23.2 Å². The van der Waals surface area contributed by atoms with Crippen LogP contribution in [0.5, 0.6) is 0 Å². The van der Waals surface area contributed by atoms with Crippen LogP contribution in [0.25, 0.3) is 5.69 Å². The van der Waals surface area contributed by atoms with Gasteiger partial charge in [0.05, 0.1) is 16.4 Å². The predicted octanol–water partition coefficient (Wildman–Crippen LogP) is 5.04. The minimum absolute atomic E-state index is 0.00336. The van der Waals surface area contributed by atoms with Gasteiger partial charge in [-0.15, -0.1) is 0 Å². The Morgan fingerprint density at radius 3 is 2.37 bits per heavy atom. The fraction of sp³-hybridized carbons (Fsp3) is 0.400. The maximum atomic E-state index is 6.29. The van der Waals surface area contributed by atoms with Gasteiger partial charge >= 0.3 is 0 Å². The summed E-state index contributed by atoms with van der Waals surface area (Å²) in [4.78, 5) is 0. The molecular weight excluding hydrogens is 279 g/mol. The highest BCUT2D eigenvalue weighted by atomic mass is 35.5. The average molecular weight is 297 g/mol. The molecule has 0 aliphatic carbocycles. The van der Waals surface area contributed by atoms with E-state index in [1.54, 1.807) is 6.07 Å². The summed E-state index contributed by atoms with van der Waals surface area (Å²) in [5.74, 6) is 0. The van der Waals surface area contributed by atoms with Gasteiger partial charge in [0.15, 0.2) is 0 Å². The van der Waals surface area contributed by atoms with Gasteiger partial charge in [-0.2, -0.15) is 5.10 Å². The third kappa shape index (κ3) is 2.96. The summed E-state index contributed by atoms with van der Waals surface area (Å²) in [6, 6.07) is 7.64. The van der Waals surface area contributed by atoms with E-state index in [9.17, 15) is 0 Å². The summed E-state index contributed by atoms with van der Waals surface area (Å²) in [6.45, 7) is 8.61. The molecule has 0 radical (unpaired) electrons. The van der Waals surface area contributed by atoms with Crippen LogP contribution in [0.1, 0.15) is 39.1 Å². The van der Waals surface area contributed by atoms with Gasteiger partial charge in [-0.05, 0) is 30.7 Å². The van der Waals surface area contributed by atoms with Crippen LogP contribution in [0, 0.1) is 0 Å². The Morgan fingerprint density at radius 2 is 1.84 bits per heavy atom. The number of hydrogen-bond acceptors (Lipinski definition) is 1. The van der Waals surface area contributed by atoms with E-state index in [0.29, 0.717) is 10.0 Å². The molecule has 0 saturated heterocycles. The lowest BCUT2D eigenvalue weighted by molar-refractivity contribution is 0.543. The smallest absolute Gasteiger partial charge is 0.0836 e. The summed E-state index contributed by atoms with van der Waals surface area (Å²) in [7, 11) is 0. The SMILES string of the molecule is CCc1cc(C(C)(C)C)n(-c2ccc(Cl)cc2Cl)n1. The molecule has 0 fully saturated rings. The summed E-state index contributed by atoms with van der Waals surface area (Å²) in [5, 5.41) is 5.89. The van der Waals surface area contributed by atoms with Gasteiger partial charge < -0.3 is 0 Å². The molecule has 102 valence electrons. The molecule has 2 aromatic rings. The standard InChI is InChI=1S/C15H18Cl2N2/c1-5-11-9-14(15(2,3)4)19(18-11)13-7-6-10(16)8-12(13)17/h6-9H,5H2,1-4H3. The van der Waals surface area contributed by atoms with Gasteiger partial charge in [-0.1, -0.05) is 50.9 Å². The Bertz CT molecular complexity index is 595. The first kappa shape index (κ1) is 14.4. The quantitative estimate of drug-likeness (QED) is 0.759. The number of hydrogen-bond donors (Lipinski definition) is 0. The molecule has 19 heavy (non-hydrogen) atoms. The monoisotopic (exact) mass is 296 g/mol. The van der Waals surface area contributed by atoms with Gasteiger partial charge in [0.2, 0.25) is 0 Å². The zero-order valence-corrected chi connectivity index (χ0v) is 13.2. The number of aryl methyl sites for hydroxylation is 1. The van der Waals surface area contributed by atoms with Crippen LogP contribution < -0.4 is 0 Å². The van der Waals surface area contributed by atoms with E-state index in [4.69, 9.17) is 23.2 Å². The number of halogens is 2. The lowest BCUT2D eigenvalue weighted by Crippen LogP contribution is -2.17. The Labute approximate surface area is 124 Å². The van der Waals surface area contributed by atoms with Crippen LogP contribution in [-0.4, -0.2) is 9.78 Å². The molecule has 2 nitrogen and oxygen atoms in total. The van der Waals surface area contributed by atoms with Crippen LogP contribution in [-0.2, 0) is 11.8 Å². The van der Waals surface area contributed by atoms with Crippen molar-refractivity contribution >= 4 is 23.2 Å². The fourth-order valence-corrected chi connectivity index (χ4v) is 2.46. The minimum atomic E-state index is 0.00336. The van der Waals surface area contributed by atoms with Crippen LogP contribution in [0.2, 0.25) is 10.0 Å². The van der Waals surface area contributed by atoms with Gasteiger partial charge in [0, 0.05) is 16.1 Å². The number of nitrogens with zero attached hydrogens (tertiary/aromatic N) is 2. The third-order valence-electron chi connectivity index (χ3n) is 3.03. The molecule has 0 amide bonds. The second kappa shape index (κ2) is 5.18. The van der Waals surface area contributed by atoms with Crippen LogP contribution in [0.4, 0.5) is 0 Å². The molecule has 1 heterocycles. The van der Waals surface area contributed by atoms with E-state index in [1.165, 1.54) is 0 Å². The first-order valence-electron chi connectivity index (χ1n) is 6.37. The first-order valence-corrected chi connectivity index (χ1v) is 7.13. The Kier molecular flexibility index (Phi) is 3.93. The predicted molar refractivity (Wildman–Crippen MR) is 81.7 cm³/mol. The number of aromatic nitrogens is 2. The van der Waals surface area contributed by atoms with Crippen molar-refractivity contribution in [3.63, 3.8) is 0 Å². The fourth-order valence-electron chi connectivity index (χ4n) is 1.97. The van der Waals surface area contributed by atoms with E-state index >= 15 is 0 Å². The second-order valence-corrected chi connectivity index (χ2v) is 6.48. The van der Waals surface area contributed by atoms with E-state index in [-0.39, 0.29) is 5.41 Å². The molecule has 0 bridgehead atoms. The first-order chi connectivity index (χ1) is 8.82. The van der Waals surface area contributed by atoms with Crippen LogP contribution in [0.3, 0.4) is 0 Å². The van der Waals surface area contributed by atoms with Crippen molar-refractivity contribution in [1.29, 1.82) is 0 Å². The summed E-state index contributed by atoms with van der Waals surface area (Å²) in [6.07, 6.45) is 0.904. The molecule has 0 saturated carbocycles. The van der Waals surface area contributed by atoms with Gasteiger partial charge in [-0.25, -0.2) is 4.68 Å². The molecule has 0 aliphatic rings. The zero-order chi connectivity index (χ0) is 14.2. The van der Waals surface area contributed by atoms with Crippen molar-refractivity contribution in [2.45, 2.75) is 39.5 Å². The second-order valence-electron chi connectivity index (χ2n) is 5.63. The molecule has 0 aliphatic heterocycles. The van der Waals surface area contributed by atoms with Crippen molar-refractivity contribution in [1.82, 2.24) is 9.78 Å². The van der Waals surface area contributed by atoms with E-state index in [0.717, 1.165) is 23.5 Å². The minimum Gasteiger partial charge on any atom is -0.235 e. The maximum Gasteiger partial charge on any atom is 0.0836 e. The highest BCUT2D eigenvalue weighted by Gasteiger charge is 2.22. The third-order valence-corrected chi connectivity index (χ3v) is 3.57. The van der Waals surface area contributed by atoms with Gasteiger partial charge in [0.1, 0.15) is 0 Å². The highest BCUT2D eigenvalue weighted by Crippen LogP contribution is 2.30. The number of rotatable bonds is 2. The highest BCUT2D eigenvalue weighted by molar-refractivity contribution is 6.35. The van der Waals surface area contributed by atoms with Crippen molar-refractivity contribution < 1.29 is 0 Å². The summed E-state index contributed by atoms with van der Waals surface area (Å²) >= 11 is 12.2. The molecule has 4 heteroatoms. The van der Waals surface area contributed by atoms with Crippen molar-refractivity contribution in [2.24, 2.45) is 0 Å². The maximum absolute atomic E-state index is 6.29. The molecule has 0 N–H and O–H groups in total. The molecule has 1 aromatic heterocycles. The van der Waals surface area contributed by atoms with Crippen molar-refractivity contribution in [3.05, 3.63) is 45.7 Å². The summed E-state index contributed by atoms with van der Waals surface area (Å²) < 4.78 is 1.93. The van der Waals surface area contributed by atoms with Crippen molar-refractivity contribution in [2.75, 3.05) is 0 Å². The molecule has 0 unspecified atom stereocenters. The summed E-state index contributed by atoms with van der Waals surface area (Å²) in [5.41, 5.74) is 3.09. The van der Waals surface area contributed by atoms with Gasteiger partial charge in [0.25, 0.3) is 0 Å². The molecule has 1 aromatic carbocycles. The zero-order valence-electron chi connectivity index (χ0n) is 11.7. The molecule has 2 rings (SSSR count). The normalized spacial score (nSPS) is 11.9.